The Morgan fingerprint density at radius 3 is 2.38 bits per heavy atom. The second-order valence-electron chi connectivity index (χ2n) is 7.28. The van der Waals surface area contributed by atoms with E-state index in [9.17, 15) is 4.79 Å². The average Bonchev–Trinajstić information content (AvgIpc) is 3.24. The van der Waals surface area contributed by atoms with E-state index < -0.39 is 0 Å². The van der Waals surface area contributed by atoms with Gasteiger partial charge < -0.3 is 14.8 Å². The van der Waals surface area contributed by atoms with Crippen LogP contribution >= 0.6 is 23.4 Å². The van der Waals surface area contributed by atoms with Gasteiger partial charge in [-0.15, -0.1) is 10.2 Å². The highest BCUT2D eigenvalue weighted by atomic mass is 35.5. The van der Waals surface area contributed by atoms with Crippen molar-refractivity contribution in [3.8, 4) is 11.5 Å². The van der Waals surface area contributed by atoms with Gasteiger partial charge in [0.25, 0.3) is 0 Å². The van der Waals surface area contributed by atoms with Gasteiger partial charge in [0.2, 0.25) is 5.91 Å². The number of carbonyl (C=O) groups excluding carboxylic acids is 1. The maximum absolute atomic E-state index is 12.5. The molecule has 0 aliphatic heterocycles. The van der Waals surface area contributed by atoms with E-state index in [4.69, 9.17) is 21.1 Å². The summed E-state index contributed by atoms with van der Waals surface area (Å²) in [5.41, 5.74) is 1.80. The number of nitrogens with zero attached hydrogens (tertiary/aromatic N) is 3. The minimum absolute atomic E-state index is 0.136. The predicted molar refractivity (Wildman–Crippen MR) is 134 cm³/mol. The molecule has 0 atom stereocenters. The van der Waals surface area contributed by atoms with E-state index in [0.717, 1.165) is 11.3 Å². The van der Waals surface area contributed by atoms with Crippen LogP contribution in [0.15, 0.2) is 84.0 Å². The molecule has 7 nitrogen and oxygen atoms in total. The topological polar surface area (TPSA) is 78.3 Å². The van der Waals surface area contributed by atoms with E-state index >= 15 is 0 Å². The molecular weight excluding hydrogens is 472 g/mol. The zero-order valence-corrected chi connectivity index (χ0v) is 20.1. The number of benzene rings is 3. The van der Waals surface area contributed by atoms with Gasteiger partial charge in [-0.1, -0.05) is 53.7 Å². The van der Waals surface area contributed by atoms with E-state index in [-0.39, 0.29) is 18.3 Å². The quantitative estimate of drug-likeness (QED) is 0.301. The molecule has 0 bridgehead atoms. The lowest BCUT2D eigenvalue weighted by Crippen LogP contribution is -2.15. The molecule has 4 rings (SSSR count). The standard InChI is InChI=1S/C25H23ClN4O3S/c1-32-21-13-9-20(10-14-21)27-24(31)17-34-25-29-28-23(16-33-22-11-7-19(26)8-12-22)30(25)15-18-5-3-2-4-6-18/h2-14H,15-17H2,1H3,(H,27,31). The van der Waals surface area contributed by atoms with Gasteiger partial charge in [-0.25, -0.2) is 0 Å². The number of anilines is 1. The van der Waals surface area contributed by atoms with E-state index in [0.29, 0.717) is 34.0 Å². The molecule has 4 aromatic rings. The highest BCUT2D eigenvalue weighted by Gasteiger charge is 2.16. The first kappa shape index (κ1) is 23.7. The summed E-state index contributed by atoms with van der Waals surface area (Å²) >= 11 is 7.27. The van der Waals surface area contributed by atoms with Crippen LogP contribution in [0, 0.1) is 0 Å². The van der Waals surface area contributed by atoms with Crippen LogP contribution in [-0.4, -0.2) is 33.5 Å². The third-order valence-corrected chi connectivity index (χ3v) is 6.08. The van der Waals surface area contributed by atoms with Crippen molar-refractivity contribution in [2.75, 3.05) is 18.2 Å². The van der Waals surface area contributed by atoms with Crippen LogP contribution in [0.2, 0.25) is 5.02 Å². The van der Waals surface area contributed by atoms with Crippen molar-refractivity contribution >= 4 is 35.0 Å². The first-order chi connectivity index (χ1) is 16.6. The second kappa shape index (κ2) is 11.6. The molecule has 34 heavy (non-hydrogen) atoms. The monoisotopic (exact) mass is 494 g/mol. The molecule has 9 heteroatoms. The Morgan fingerprint density at radius 1 is 0.971 bits per heavy atom. The number of rotatable bonds is 10. The molecular formula is C25H23ClN4O3S. The second-order valence-corrected chi connectivity index (χ2v) is 8.66. The van der Waals surface area contributed by atoms with Crippen molar-refractivity contribution in [3.05, 3.63) is 95.3 Å². The Bertz CT molecular complexity index is 1220. The van der Waals surface area contributed by atoms with Crippen molar-refractivity contribution in [2.24, 2.45) is 0 Å². The van der Waals surface area contributed by atoms with E-state index in [1.165, 1.54) is 11.8 Å². The molecule has 0 saturated heterocycles. The van der Waals surface area contributed by atoms with Crippen LogP contribution in [0.4, 0.5) is 5.69 Å². The summed E-state index contributed by atoms with van der Waals surface area (Å²) in [6.07, 6.45) is 0. The average molecular weight is 495 g/mol. The van der Waals surface area contributed by atoms with Gasteiger partial charge in [0.15, 0.2) is 11.0 Å². The summed E-state index contributed by atoms with van der Waals surface area (Å²) in [6, 6.07) is 24.4. The fourth-order valence-electron chi connectivity index (χ4n) is 3.14. The third-order valence-electron chi connectivity index (χ3n) is 4.86. The van der Waals surface area contributed by atoms with Crippen molar-refractivity contribution in [1.29, 1.82) is 0 Å². The summed E-state index contributed by atoms with van der Waals surface area (Å²) in [6.45, 7) is 0.801. The van der Waals surface area contributed by atoms with Crippen molar-refractivity contribution in [1.82, 2.24) is 14.8 Å². The summed E-state index contributed by atoms with van der Waals surface area (Å²) in [4.78, 5) is 12.5. The lowest BCUT2D eigenvalue weighted by molar-refractivity contribution is -0.113. The number of methoxy groups -OCH3 is 1. The minimum Gasteiger partial charge on any atom is -0.497 e. The van der Waals surface area contributed by atoms with Crippen LogP contribution in [-0.2, 0) is 17.9 Å². The van der Waals surface area contributed by atoms with Crippen LogP contribution < -0.4 is 14.8 Å². The van der Waals surface area contributed by atoms with Crippen LogP contribution in [0.5, 0.6) is 11.5 Å². The lowest BCUT2D eigenvalue weighted by atomic mass is 10.2. The Kier molecular flexibility index (Phi) is 8.06. The molecule has 1 aromatic heterocycles. The minimum atomic E-state index is -0.136. The maximum Gasteiger partial charge on any atom is 0.234 e. The molecule has 0 spiro atoms. The number of hydrogen-bond acceptors (Lipinski definition) is 6. The molecule has 1 amide bonds. The number of thioether (sulfide) groups is 1. The molecule has 0 fully saturated rings. The Labute approximate surface area is 207 Å². The fraction of sp³-hybridized carbons (Fsp3) is 0.160. The maximum atomic E-state index is 12.5. The summed E-state index contributed by atoms with van der Waals surface area (Å²) < 4.78 is 13.0. The highest BCUT2D eigenvalue weighted by molar-refractivity contribution is 7.99. The molecule has 0 radical (unpaired) electrons. The summed E-state index contributed by atoms with van der Waals surface area (Å²) in [5, 5.41) is 12.8. The Hall–Kier alpha value is -3.49. The molecule has 174 valence electrons. The first-order valence-corrected chi connectivity index (χ1v) is 11.9. The molecule has 1 N–H and O–H groups in total. The van der Waals surface area contributed by atoms with E-state index in [2.05, 4.69) is 15.5 Å². The van der Waals surface area contributed by atoms with Gasteiger partial charge in [0.1, 0.15) is 18.1 Å². The zero-order chi connectivity index (χ0) is 23.8. The number of aromatic nitrogens is 3. The molecule has 3 aromatic carbocycles. The first-order valence-electron chi connectivity index (χ1n) is 10.5. The normalized spacial score (nSPS) is 10.6. The third kappa shape index (κ3) is 6.52. The fourth-order valence-corrected chi connectivity index (χ4v) is 4.02. The highest BCUT2D eigenvalue weighted by Crippen LogP contribution is 2.22. The van der Waals surface area contributed by atoms with Crippen molar-refractivity contribution < 1.29 is 14.3 Å². The molecule has 0 aliphatic rings. The molecule has 0 saturated carbocycles. The van der Waals surface area contributed by atoms with Crippen LogP contribution in [0.3, 0.4) is 0 Å². The number of ether oxygens (including phenoxy) is 2. The summed E-state index contributed by atoms with van der Waals surface area (Å²) in [7, 11) is 1.60. The number of amides is 1. The largest absolute Gasteiger partial charge is 0.497 e. The van der Waals surface area contributed by atoms with Crippen LogP contribution in [0.25, 0.3) is 0 Å². The van der Waals surface area contributed by atoms with E-state index in [1.54, 1.807) is 55.6 Å². The smallest absolute Gasteiger partial charge is 0.234 e. The number of hydrogen-bond donors (Lipinski definition) is 1. The Morgan fingerprint density at radius 2 is 1.68 bits per heavy atom. The molecule has 0 unspecified atom stereocenters. The van der Waals surface area contributed by atoms with Gasteiger partial charge >= 0.3 is 0 Å². The van der Waals surface area contributed by atoms with Gasteiger partial charge in [-0.2, -0.15) is 0 Å². The lowest BCUT2D eigenvalue weighted by Gasteiger charge is -2.11. The molecule has 0 aliphatic carbocycles. The van der Waals surface area contributed by atoms with Gasteiger partial charge in [-0.3, -0.25) is 9.36 Å². The number of nitrogens with one attached hydrogen (secondary N) is 1. The number of carbonyl (C=O) groups is 1. The molecule has 1 heterocycles. The van der Waals surface area contributed by atoms with Crippen LogP contribution in [0.1, 0.15) is 11.4 Å². The predicted octanol–water partition coefficient (Wildman–Crippen LogP) is 5.30. The Balaban J connectivity index is 1.44. The van der Waals surface area contributed by atoms with Gasteiger partial charge in [-0.05, 0) is 54.1 Å². The van der Waals surface area contributed by atoms with Gasteiger partial charge in [0, 0.05) is 10.7 Å². The van der Waals surface area contributed by atoms with Gasteiger partial charge in [0.05, 0.1) is 19.4 Å². The van der Waals surface area contributed by atoms with Crippen molar-refractivity contribution in [3.63, 3.8) is 0 Å². The van der Waals surface area contributed by atoms with E-state index in [1.807, 2.05) is 34.9 Å². The summed E-state index contributed by atoms with van der Waals surface area (Å²) in [5.74, 6) is 2.14. The SMILES string of the molecule is COc1ccc(NC(=O)CSc2nnc(COc3ccc(Cl)cc3)n2Cc2ccccc2)cc1. The van der Waals surface area contributed by atoms with Crippen molar-refractivity contribution in [2.45, 2.75) is 18.3 Å². The number of halogens is 1. The zero-order valence-electron chi connectivity index (χ0n) is 18.5.